The van der Waals surface area contributed by atoms with Crippen molar-refractivity contribution in [3.63, 3.8) is 0 Å². The molecular formula is C14H30N2O. The van der Waals surface area contributed by atoms with E-state index >= 15 is 0 Å². The van der Waals surface area contributed by atoms with Gasteiger partial charge in [0.2, 0.25) is 5.91 Å². The SMILES string of the molecule is CCC(CC)CN(CC)C(=O)[C@@H](N)CC(C)C. The van der Waals surface area contributed by atoms with E-state index in [2.05, 4.69) is 27.7 Å². The van der Waals surface area contributed by atoms with Gasteiger partial charge in [-0.15, -0.1) is 0 Å². The monoisotopic (exact) mass is 242 g/mol. The molecule has 0 rings (SSSR count). The number of rotatable bonds is 8. The van der Waals surface area contributed by atoms with Crippen molar-refractivity contribution in [1.82, 2.24) is 4.90 Å². The highest BCUT2D eigenvalue weighted by Crippen LogP contribution is 2.12. The maximum Gasteiger partial charge on any atom is 0.239 e. The second-order valence-electron chi connectivity index (χ2n) is 5.30. The molecule has 0 bridgehead atoms. The lowest BCUT2D eigenvalue weighted by molar-refractivity contribution is -0.133. The average Bonchev–Trinajstić information content (AvgIpc) is 2.29. The Balaban J connectivity index is 4.38. The normalized spacial score (nSPS) is 13.2. The fraction of sp³-hybridized carbons (Fsp3) is 0.929. The van der Waals surface area contributed by atoms with Crippen LogP contribution in [0.15, 0.2) is 0 Å². The summed E-state index contributed by atoms with van der Waals surface area (Å²) >= 11 is 0. The summed E-state index contributed by atoms with van der Waals surface area (Å²) in [6.07, 6.45) is 3.03. The van der Waals surface area contributed by atoms with Crippen molar-refractivity contribution < 1.29 is 4.79 Å². The van der Waals surface area contributed by atoms with E-state index in [0.717, 1.165) is 32.4 Å². The second-order valence-corrected chi connectivity index (χ2v) is 5.30. The molecule has 102 valence electrons. The highest BCUT2D eigenvalue weighted by molar-refractivity contribution is 5.81. The summed E-state index contributed by atoms with van der Waals surface area (Å²) in [6, 6.07) is -0.329. The third-order valence-corrected chi connectivity index (χ3v) is 3.37. The summed E-state index contributed by atoms with van der Waals surface area (Å²) in [7, 11) is 0. The quantitative estimate of drug-likeness (QED) is 0.711. The molecule has 3 heteroatoms. The summed E-state index contributed by atoms with van der Waals surface area (Å²) < 4.78 is 0. The Bertz CT molecular complexity index is 212. The molecule has 0 fully saturated rings. The molecule has 0 saturated heterocycles. The fourth-order valence-corrected chi connectivity index (χ4v) is 2.08. The van der Waals surface area contributed by atoms with E-state index in [9.17, 15) is 4.79 Å². The molecule has 1 atom stereocenters. The van der Waals surface area contributed by atoms with Crippen LogP contribution in [0.1, 0.15) is 53.9 Å². The van der Waals surface area contributed by atoms with E-state index in [1.807, 2.05) is 11.8 Å². The first kappa shape index (κ1) is 16.4. The third kappa shape index (κ3) is 6.06. The van der Waals surface area contributed by atoms with E-state index in [0.29, 0.717) is 11.8 Å². The third-order valence-electron chi connectivity index (χ3n) is 3.37. The van der Waals surface area contributed by atoms with Crippen molar-refractivity contribution in [2.75, 3.05) is 13.1 Å². The Hall–Kier alpha value is -0.570. The van der Waals surface area contributed by atoms with E-state index in [1.54, 1.807) is 0 Å². The molecule has 3 nitrogen and oxygen atoms in total. The van der Waals surface area contributed by atoms with Gasteiger partial charge < -0.3 is 10.6 Å². The molecule has 2 N–H and O–H groups in total. The first-order valence-electron chi connectivity index (χ1n) is 7.00. The van der Waals surface area contributed by atoms with Crippen molar-refractivity contribution in [1.29, 1.82) is 0 Å². The van der Waals surface area contributed by atoms with Crippen LogP contribution in [0.3, 0.4) is 0 Å². The molecule has 0 saturated carbocycles. The Morgan fingerprint density at radius 1 is 1.18 bits per heavy atom. The van der Waals surface area contributed by atoms with Gasteiger partial charge in [-0.3, -0.25) is 4.79 Å². The van der Waals surface area contributed by atoms with Gasteiger partial charge in [0.25, 0.3) is 0 Å². The molecule has 17 heavy (non-hydrogen) atoms. The zero-order chi connectivity index (χ0) is 13.4. The minimum Gasteiger partial charge on any atom is -0.341 e. The van der Waals surface area contributed by atoms with Crippen LogP contribution < -0.4 is 5.73 Å². The molecule has 0 aliphatic rings. The van der Waals surface area contributed by atoms with Gasteiger partial charge >= 0.3 is 0 Å². The smallest absolute Gasteiger partial charge is 0.239 e. The molecule has 0 heterocycles. The highest BCUT2D eigenvalue weighted by Gasteiger charge is 2.22. The summed E-state index contributed by atoms with van der Waals surface area (Å²) in [6.45, 7) is 12.2. The van der Waals surface area contributed by atoms with E-state index < -0.39 is 0 Å². The average molecular weight is 242 g/mol. The number of hydrogen-bond acceptors (Lipinski definition) is 2. The molecule has 0 radical (unpaired) electrons. The predicted octanol–water partition coefficient (Wildman–Crippen LogP) is 2.64. The standard InChI is InChI=1S/C14H30N2O/c1-6-12(7-2)10-16(8-3)14(17)13(15)9-11(4)5/h11-13H,6-10,15H2,1-5H3/t13-/m0/s1. The number of carbonyl (C=O) groups excluding carboxylic acids is 1. The molecule has 0 aromatic carbocycles. The van der Waals surface area contributed by atoms with Gasteiger partial charge in [-0.05, 0) is 25.2 Å². The lowest BCUT2D eigenvalue weighted by Gasteiger charge is -2.28. The Morgan fingerprint density at radius 2 is 1.71 bits per heavy atom. The van der Waals surface area contributed by atoms with Gasteiger partial charge in [0.05, 0.1) is 6.04 Å². The number of nitrogens with two attached hydrogens (primary N) is 1. The molecular weight excluding hydrogens is 212 g/mol. The van der Waals surface area contributed by atoms with Crippen LogP contribution in [0.4, 0.5) is 0 Å². The van der Waals surface area contributed by atoms with E-state index in [-0.39, 0.29) is 11.9 Å². The van der Waals surface area contributed by atoms with Crippen LogP contribution in [-0.2, 0) is 4.79 Å². The van der Waals surface area contributed by atoms with E-state index in [4.69, 9.17) is 5.73 Å². The second kappa shape index (κ2) is 8.51. The minimum absolute atomic E-state index is 0.119. The van der Waals surface area contributed by atoms with Gasteiger partial charge in [-0.2, -0.15) is 0 Å². The maximum atomic E-state index is 12.2. The first-order chi connectivity index (χ1) is 7.96. The molecule has 0 aliphatic heterocycles. The highest BCUT2D eigenvalue weighted by atomic mass is 16.2. The van der Waals surface area contributed by atoms with Crippen molar-refractivity contribution in [2.24, 2.45) is 17.6 Å². The van der Waals surface area contributed by atoms with Crippen LogP contribution in [0.2, 0.25) is 0 Å². The maximum absolute atomic E-state index is 12.2. The number of nitrogens with zero attached hydrogens (tertiary/aromatic N) is 1. The van der Waals surface area contributed by atoms with Crippen LogP contribution in [0.25, 0.3) is 0 Å². The lowest BCUT2D eigenvalue weighted by atomic mass is 10.0. The Labute approximate surface area is 107 Å². The minimum atomic E-state index is -0.329. The van der Waals surface area contributed by atoms with Crippen LogP contribution in [0.5, 0.6) is 0 Å². The molecule has 0 aromatic rings. The predicted molar refractivity (Wildman–Crippen MR) is 73.8 cm³/mol. The Morgan fingerprint density at radius 3 is 2.06 bits per heavy atom. The van der Waals surface area contributed by atoms with Gasteiger partial charge in [0.1, 0.15) is 0 Å². The topological polar surface area (TPSA) is 46.3 Å². The van der Waals surface area contributed by atoms with Gasteiger partial charge in [0.15, 0.2) is 0 Å². The molecule has 0 aromatic heterocycles. The number of carbonyl (C=O) groups is 1. The summed E-state index contributed by atoms with van der Waals surface area (Å²) in [5, 5.41) is 0. The zero-order valence-electron chi connectivity index (χ0n) is 12.2. The van der Waals surface area contributed by atoms with Crippen molar-refractivity contribution in [3.05, 3.63) is 0 Å². The number of hydrogen-bond donors (Lipinski definition) is 1. The van der Waals surface area contributed by atoms with Gasteiger partial charge in [-0.1, -0.05) is 40.5 Å². The van der Waals surface area contributed by atoms with Gasteiger partial charge in [-0.25, -0.2) is 0 Å². The number of likely N-dealkylation sites (N-methyl/N-ethyl adjacent to an activating group) is 1. The van der Waals surface area contributed by atoms with E-state index in [1.165, 1.54) is 0 Å². The summed E-state index contributed by atoms with van der Waals surface area (Å²) in [5.74, 6) is 1.19. The summed E-state index contributed by atoms with van der Waals surface area (Å²) in [4.78, 5) is 14.1. The van der Waals surface area contributed by atoms with Crippen LogP contribution >= 0.6 is 0 Å². The molecule has 0 unspecified atom stereocenters. The van der Waals surface area contributed by atoms with Crippen LogP contribution in [-0.4, -0.2) is 29.9 Å². The number of amides is 1. The zero-order valence-corrected chi connectivity index (χ0v) is 12.2. The molecule has 0 aliphatic carbocycles. The van der Waals surface area contributed by atoms with Crippen molar-refractivity contribution in [2.45, 2.75) is 59.9 Å². The van der Waals surface area contributed by atoms with Crippen molar-refractivity contribution in [3.8, 4) is 0 Å². The van der Waals surface area contributed by atoms with Crippen molar-refractivity contribution >= 4 is 5.91 Å². The lowest BCUT2D eigenvalue weighted by Crippen LogP contribution is -2.46. The first-order valence-corrected chi connectivity index (χ1v) is 7.00. The largest absolute Gasteiger partial charge is 0.341 e. The summed E-state index contributed by atoms with van der Waals surface area (Å²) in [5.41, 5.74) is 5.96. The Kier molecular flexibility index (Phi) is 8.23. The van der Waals surface area contributed by atoms with Gasteiger partial charge in [0, 0.05) is 13.1 Å². The molecule has 0 spiro atoms. The molecule has 1 amide bonds. The van der Waals surface area contributed by atoms with Crippen LogP contribution in [0, 0.1) is 11.8 Å². The fourth-order valence-electron chi connectivity index (χ4n) is 2.08.